The molecule has 0 saturated carbocycles. The topological polar surface area (TPSA) is 35.2 Å². The number of rotatable bonds is 5. The fourth-order valence-electron chi connectivity index (χ4n) is 2.20. The third-order valence-electron chi connectivity index (χ3n) is 3.19. The average molecular weight is 354 g/mol. The van der Waals surface area contributed by atoms with E-state index in [2.05, 4.69) is 66.3 Å². The highest BCUT2D eigenvalue weighted by Gasteiger charge is 2.22. The minimum atomic E-state index is -0.0995. The Hall–Kier alpha value is -0.840. The van der Waals surface area contributed by atoms with Crippen molar-refractivity contribution in [3.8, 4) is 5.75 Å². The van der Waals surface area contributed by atoms with Crippen molar-refractivity contribution >= 4 is 27.3 Å². The zero-order valence-electron chi connectivity index (χ0n) is 12.0. The van der Waals surface area contributed by atoms with Gasteiger partial charge in [-0.15, -0.1) is 11.3 Å². The summed E-state index contributed by atoms with van der Waals surface area (Å²) in [6, 6.07) is 8.34. The molecule has 0 amide bonds. The van der Waals surface area contributed by atoms with Gasteiger partial charge in [-0.05, 0) is 65.5 Å². The Balaban J connectivity index is 2.28. The molecule has 0 bridgehead atoms. The lowest BCUT2D eigenvalue weighted by Crippen LogP contribution is -2.30. The Morgan fingerprint density at radius 2 is 1.85 bits per heavy atom. The maximum atomic E-state index is 6.25. The van der Waals surface area contributed by atoms with Gasteiger partial charge in [0.1, 0.15) is 11.9 Å². The first-order valence-electron chi connectivity index (χ1n) is 6.74. The predicted octanol–water partition coefficient (Wildman–Crippen LogP) is 4.98. The van der Waals surface area contributed by atoms with Crippen LogP contribution in [0.15, 0.2) is 34.1 Å². The van der Waals surface area contributed by atoms with Crippen LogP contribution in [0.5, 0.6) is 5.75 Å². The third-order valence-corrected chi connectivity index (χ3v) is 4.94. The Kier molecular flexibility index (Phi) is 5.24. The summed E-state index contributed by atoms with van der Waals surface area (Å²) in [7, 11) is 0. The lowest BCUT2D eigenvalue weighted by Gasteiger charge is -2.23. The second-order valence-electron chi connectivity index (χ2n) is 5.10. The molecule has 2 atom stereocenters. The minimum absolute atomic E-state index is 0.0126. The van der Waals surface area contributed by atoms with Crippen molar-refractivity contribution in [2.24, 2.45) is 5.73 Å². The summed E-state index contributed by atoms with van der Waals surface area (Å²) in [4.78, 5) is 1.16. The van der Waals surface area contributed by atoms with Crippen LogP contribution in [-0.4, -0.2) is 6.04 Å². The van der Waals surface area contributed by atoms with Gasteiger partial charge >= 0.3 is 0 Å². The molecule has 2 unspecified atom stereocenters. The van der Waals surface area contributed by atoms with Gasteiger partial charge in [-0.2, -0.15) is 0 Å². The van der Waals surface area contributed by atoms with Crippen molar-refractivity contribution < 1.29 is 4.74 Å². The van der Waals surface area contributed by atoms with Crippen molar-refractivity contribution in [1.82, 2.24) is 0 Å². The summed E-state index contributed by atoms with van der Waals surface area (Å²) < 4.78 is 7.27. The Bertz CT molecular complexity index is 561. The fourth-order valence-corrected chi connectivity index (χ4v) is 3.74. The molecule has 0 radical (unpaired) electrons. The summed E-state index contributed by atoms with van der Waals surface area (Å²) in [6.45, 7) is 6.25. The summed E-state index contributed by atoms with van der Waals surface area (Å²) in [5.74, 6) is 0.890. The van der Waals surface area contributed by atoms with Gasteiger partial charge in [0, 0.05) is 20.8 Å². The van der Waals surface area contributed by atoms with Crippen molar-refractivity contribution in [3.63, 3.8) is 0 Å². The zero-order valence-corrected chi connectivity index (χ0v) is 14.4. The molecule has 2 rings (SSSR count). The zero-order chi connectivity index (χ0) is 14.7. The first-order valence-corrected chi connectivity index (χ1v) is 8.41. The molecule has 0 spiro atoms. The SMILES string of the molecule is CCC(N)C(Oc1cc(C)cc(C)c1)c1cc(Br)cs1. The monoisotopic (exact) mass is 353 g/mol. The van der Waals surface area contributed by atoms with Gasteiger partial charge in [-0.1, -0.05) is 13.0 Å². The molecule has 2 nitrogen and oxygen atoms in total. The van der Waals surface area contributed by atoms with Crippen LogP contribution in [0.4, 0.5) is 0 Å². The summed E-state index contributed by atoms with van der Waals surface area (Å²) in [6.07, 6.45) is 0.780. The highest BCUT2D eigenvalue weighted by atomic mass is 79.9. The van der Waals surface area contributed by atoms with Gasteiger partial charge in [-0.3, -0.25) is 0 Å². The molecule has 2 aromatic rings. The molecule has 1 aromatic carbocycles. The number of aryl methyl sites for hydroxylation is 2. The highest BCUT2D eigenvalue weighted by Crippen LogP contribution is 2.32. The van der Waals surface area contributed by atoms with Crippen molar-refractivity contribution in [2.45, 2.75) is 39.3 Å². The molecule has 4 heteroatoms. The molecule has 0 aliphatic rings. The number of hydrogen-bond acceptors (Lipinski definition) is 3. The summed E-state index contributed by atoms with van der Waals surface area (Å²) in [5.41, 5.74) is 8.66. The van der Waals surface area contributed by atoms with E-state index >= 15 is 0 Å². The maximum Gasteiger partial charge on any atom is 0.148 e. The number of benzene rings is 1. The molecular formula is C16H20BrNOS. The maximum absolute atomic E-state index is 6.25. The minimum Gasteiger partial charge on any atom is -0.483 e. The van der Waals surface area contributed by atoms with Crippen LogP contribution in [0.3, 0.4) is 0 Å². The normalized spacial score (nSPS) is 14.1. The van der Waals surface area contributed by atoms with Gasteiger partial charge < -0.3 is 10.5 Å². The number of hydrogen-bond donors (Lipinski definition) is 1. The molecule has 108 valence electrons. The smallest absolute Gasteiger partial charge is 0.148 e. The van der Waals surface area contributed by atoms with E-state index < -0.39 is 0 Å². The molecule has 1 aromatic heterocycles. The standard InChI is InChI=1S/C16H20BrNOS/c1-4-14(18)16(15-8-12(17)9-20-15)19-13-6-10(2)5-11(3)7-13/h5-9,14,16H,4,18H2,1-3H3. The van der Waals surface area contributed by atoms with Crippen LogP contribution in [-0.2, 0) is 0 Å². The van der Waals surface area contributed by atoms with E-state index in [1.54, 1.807) is 11.3 Å². The van der Waals surface area contributed by atoms with Gasteiger partial charge in [0.15, 0.2) is 0 Å². The van der Waals surface area contributed by atoms with E-state index in [0.717, 1.165) is 21.5 Å². The first kappa shape index (κ1) is 15.5. The third kappa shape index (κ3) is 3.84. The van der Waals surface area contributed by atoms with E-state index in [-0.39, 0.29) is 12.1 Å². The second-order valence-corrected chi connectivity index (χ2v) is 6.96. The quantitative estimate of drug-likeness (QED) is 0.821. The number of halogens is 1. The largest absolute Gasteiger partial charge is 0.483 e. The van der Waals surface area contributed by atoms with Crippen molar-refractivity contribution in [2.75, 3.05) is 0 Å². The van der Waals surface area contributed by atoms with Gasteiger partial charge in [0.2, 0.25) is 0 Å². The summed E-state index contributed by atoms with van der Waals surface area (Å²) in [5, 5.41) is 2.07. The van der Waals surface area contributed by atoms with E-state index in [1.165, 1.54) is 11.1 Å². The van der Waals surface area contributed by atoms with Crippen molar-refractivity contribution in [1.29, 1.82) is 0 Å². The molecule has 0 fully saturated rings. The molecule has 2 N–H and O–H groups in total. The molecule has 0 aliphatic heterocycles. The Morgan fingerprint density at radius 1 is 1.20 bits per heavy atom. The number of thiophene rings is 1. The second kappa shape index (κ2) is 6.74. The number of ether oxygens (including phenoxy) is 1. The van der Waals surface area contributed by atoms with Crippen LogP contribution in [0.2, 0.25) is 0 Å². The first-order chi connectivity index (χ1) is 9.49. The molecule has 0 aliphatic carbocycles. The van der Waals surface area contributed by atoms with E-state index in [4.69, 9.17) is 10.5 Å². The van der Waals surface area contributed by atoms with Crippen LogP contribution in [0.25, 0.3) is 0 Å². The van der Waals surface area contributed by atoms with Crippen LogP contribution in [0, 0.1) is 13.8 Å². The van der Waals surface area contributed by atoms with E-state index in [9.17, 15) is 0 Å². The fraction of sp³-hybridized carbons (Fsp3) is 0.375. The van der Waals surface area contributed by atoms with Gasteiger partial charge in [-0.25, -0.2) is 0 Å². The Morgan fingerprint density at radius 3 is 2.35 bits per heavy atom. The molecule has 20 heavy (non-hydrogen) atoms. The molecule has 1 heterocycles. The lowest BCUT2D eigenvalue weighted by atomic mass is 10.1. The highest BCUT2D eigenvalue weighted by molar-refractivity contribution is 9.10. The van der Waals surface area contributed by atoms with E-state index in [0.29, 0.717) is 0 Å². The van der Waals surface area contributed by atoms with Crippen LogP contribution < -0.4 is 10.5 Å². The summed E-state index contributed by atoms with van der Waals surface area (Å²) >= 11 is 5.17. The molecule has 0 saturated heterocycles. The number of nitrogens with two attached hydrogens (primary N) is 1. The average Bonchev–Trinajstić information content (AvgIpc) is 2.80. The Labute approximate surface area is 133 Å². The van der Waals surface area contributed by atoms with Crippen molar-refractivity contribution in [3.05, 3.63) is 50.1 Å². The lowest BCUT2D eigenvalue weighted by molar-refractivity contribution is 0.174. The van der Waals surface area contributed by atoms with Gasteiger partial charge in [0.25, 0.3) is 0 Å². The predicted molar refractivity (Wildman–Crippen MR) is 89.6 cm³/mol. The van der Waals surface area contributed by atoms with Crippen LogP contribution >= 0.6 is 27.3 Å². The van der Waals surface area contributed by atoms with E-state index in [1.807, 2.05) is 0 Å². The van der Waals surface area contributed by atoms with Gasteiger partial charge in [0.05, 0.1) is 0 Å². The molecular weight excluding hydrogens is 334 g/mol. The van der Waals surface area contributed by atoms with Crippen LogP contribution in [0.1, 0.15) is 35.5 Å².